The molecule has 5 rings (SSSR count). The number of fused-ring (bicyclic) bond motifs is 3. The predicted molar refractivity (Wildman–Crippen MR) is 94.9 cm³/mol. The van der Waals surface area contributed by atoms with E-state index in [1.165, 1.54) is 4.90 Å². The van der Waals surface area contributed by atoms with E-state index in [0.717, 1.165) is 38.0 Å². The fourth-order valence-corrected chi connectivity index (χ4v) is 4.46. The molecule has 0 saturated carbocycles. The summed E-state index contributed by atoms with van der Waals surface area (Å²) in [5.74, 6) is 0.759. The molecule has 7 heteroatoms. The fraction of sp³-hybridized carbons (Fsp3) is 0.526. The first kappa shape index (κ1) is 17.2. The van der Waals surface area contributed by atoms with E-state index in [4.69, 9.17) is 5.11 Å². The summed E-state index contributed by atoms with van der Waals surface area (Å²) in [5.41, 5.74) is 1.74. The lowest BCUT2D eigenvalue weighted by Crippen LogP contribution is -3.20. The van der Waals surface area contributed by atoms with E-state index >= 15 is 0 Å². The summed E-state index contributed by atoms with van der Waals surface area (Å²) in [6.45, 7) is 3.35. The third kappa shape index (κ3) is 3.64. The predicted octanol–water partition coefficient (Wildman–Crippen LogP) is -0.620. The highest BCUT2D eigenvalue weighted by Gasteiger charge is 2.46. The first-order valence-electron chi connectivity index (χ1n) is 9.39. The Morgan fingerprint density at radius 2 is 2.19 bits per heavy atom. The fourth-order valence-electron chi connectivity index (χ4n) is 4.46. The van der Waals surface area contributed by atoms with E-state index in [0.29, 0.717) is 24.2 Å². The zero-order valence-electron chi connectivity index (χ0n) is 14.8. The molecule has 2 aromatic rings. The van der Waals surface area contributed by atoms with E-state index in [1.54, 1.807) is 0 Å². The average molecular weight is 356 g/mol. The first-order valence-corrected chi connectivity index (χ1v) is 9.39. The molecule has 1 aromatic carbocycles. The molecule has 3 N–H and O–H groups in total. The van der Waals surface area contributed by atoms with Crippen LogP contribution in [-0.4, -0.2) is 45.1 Å². The quantitative estimate of drug-likeness (QED) is 0.644. The molecule has 7 nitrogen and oxygen atoms in total. The van der Waals surface area contributed by atoms with Crippen LogP contribution >= 0.6 is 0 Å². The van der Waals surface area contributed by atoms with Crippen molar-refractivity contribution in [3.8, 4) is 0 Å². The molecule has 0 spiro atoms. The summed E-state index contributed by atoms with van der Waals surface area (Å²) < 4.78 is 1.83. The van der Waals surface area contributed by atoms with E-state index in [-0.39, 0.29) is 18.4 Å². The van der Waals surface area contributed by atoms with Gasteiger partial charge in [0.05, 0.1) is 38.4 Å². The minimum absolute atomic E-state index is 0.0759. The highest BCUT2D eigenvalue weighted by Crippen LogP contribution is 2.27. The van der Waals surface area contributed by atoms with Gasteiger partial charge in [-0.05, 0) is 11.5 Å². The molecular weight excluding hydrogens is 330 g/mol. The van der Waals surface area contributed by atoms with E-state index < -0.39 is 0 Å². The third-order valence-corrected chi connectivity index (χ3v) is 5.85. The summed E-state index contributed by atoms with van der Waals surface area (Å²) in [4.78, 5) is 14.2. The largest absolute Gasteiger partial charge is 0.390 e. The highest BCUT2D eigenvalue weighted by molar-refractivity contribution is 5.79. The molecule has 1 amide bonds. The lowest BCUT2D eigenvalue weighted by atomic mass is 9.75. The van der Waals surface area contributed by atoms with Crippen LogP contribution in [-0.2, 0) is 24.5 Å². The normalized spacial score (nSPS) is 27.4. The van der Waals surface area contributed by atoms with Crippen molar-refractivity contribution in [2.24, 2.45) is 11.8 Å². The van der Waals surface area contributed by atoms with Crippen molar-refractivity contribution in [3.05, 3.63) is 47.8 Å². The Kier molecular flexibility index (Phi) is 4.99. The zero-order valence-corrected chi connectivity index (χ0v) is 14.8. The van der Waals surface area contributed by atoms with Crippen molar-refractivity contribution < 1.29 is 14.8 Å². The Morgan fingerprint density at radius 1 is 1.35 bits per heavy atom. The number of aliphatic hydroxyl groups is 1. The van der Waals surface area contributed by atoms with Crippen molar-refractivity contribution in [3.63, 3.8) is 0 Å². The molecule has 3 saturated heterocycles. The van der Waals surface area contributed by atoms with Gasteiger partial charge < -0.3 is 15.3 Å². The van der Waals surface area contributed by atoms with E-state index in [1.807, 2.05) is 41.2 Å². The third-order valence-electron chi connectivity index (χ3n) is 5.85. The van der Waals surface area contributed by atoms with Crippen LogP contribution in [0.3, 0.4) is 0 Å². The molecule has 2 bridgehead atoms. The number of hydrogen-bond acceptors (Lipinski definition) is 4. The van der Waals surface area contributed by atoms with Crippen LogP contribution in [0.1, 0.15) is 24.1 Å². The maximum atomic E-state index is 12.7. The molecule has 3 aliphatic heterocycles. The minimum Gasteiger partial charge on any atom is -0.390 e. The zero-order chi connectivity index (χ0) is 17.9. The van der Waals surface area contributed by atoms with Crippen LogP contribution in [0.5, 0.6) is 0 Å². The smallest absolute Gasteiger partial charge is 0.229 e. The average Bonchev–Trinajstić information content (AvgIpc) is 3.15. The van der Waals surface area contributed by atoms with Gasteiger partial charge in [0.15, 0.2) is 0 Å². The van der Waals surface area contributed by atoms with Crippen molar-refractivity contribution in [2.45, 2.75) is 38.6 Å². The maximum Gasteiger partial charge on any atom is 0.229 e. The number of carbonyl (C=O) groups is 1. The number of rotatable bonds is 6. The molecular formula is C19H26N5O2+. The molecule has 4 atom stereocenters. The van der Waals surface area contributed by atoms with Crippen LogP contribution in [0.25, 0.3) is 0 Å². The monoisotopic (exact) mass is 356 g/mol. The second-order valence-electron chi connectivity index (χ2n) is 7.49. The topological polar surface area (TPSA) is 84.5 Å². The van der Waals surface area contributed by atoms with Crippen molar-refractivity contribution in [1.82, 2.24) is 20.3 Å². The van der Waals surface area contributed by atoms with Crippen LogP contribution in [0.4, 0.5) is 0 Å². The Bertz CT molecular complexity index is 747. The maximum absolute atomic E-state index is 12.7. The summed E-state index contributed by atoms with van der Waals surface area (Å²) in [6, 6.07) is 10.5. The van der Waals surface area contributed by atoms with Crippen molar-refractivity contribution in [2.75, 3.05) is 13.1 Å². The Balaban J connectivity index is 1.33. The molecule has 0 radical (unpaired) electrons. The summed E-state index contributed by atoms with van der Waals surface area (Å²) in [6.07, 6.45) is 3.98. The number of quaternary nitrogens is 1. The Morgan fingerprint density at radius 3 is 2.88 bits per heavy atom. The second kappa shape index (κ2) is 7.55. The Hall–Kier alpha value is -2.25. The number of aromatic nitrogens is 3. The number of hydrogen-bond donors (Lipinski definition) is 3. The van der Waals surface area contributed by atoms with Gasteiger partial charge in [-0.15, -0.1) is 5.10 Å². The molecule has 3 aliphatic rings. The van der Waals surface area contributed by atoms with Gasteiger partial charge in [0.25, 0.3) is 0 Å². The Labute approximate surface area is 153 Å². The molecule has 4 heterocycles. The van der Waals surface area contributed by atoms with E-state index in [2.05, 4.69) is 15.6 Å². The van der Waals surface area contributed by atoms with E-state index in [9.17, 15) is 4.79 Å². The number of benzene rings is 1. The highest BCUT2D eigenvalue weighted by atomic mass is 16.3. The molecule has 138 valence electrons. The lowest BCUT2D eigenvalue weighted by Gasteiger charge is -2.46. The van der Waals surface area contributed by atoms with Crippen molar-refractivity contribution >= 4 is 5.91 Å². The second-order valence-corrected chi connectivity index (χ2v) is 7.49. The lowest BCUT2D eigenvalue weighted by molar-refractivity contribution is -0.945. The van der Waals surface area contributed by atoms with Gasteiger partial charge in [0, 0.05) is 19.4 Å². The standard InChI is InChI=1S/C19H25N5O2/c25-13-16-10-24(22-21-16)11-17-8-15-6-7-23(17)12-18(15)19(26)20-9-14-4-2-1-3-5-14/h1-5,10,15,17-18,25H,6-9,11-13H2,(H,20,26)/p+1/t15-,17+,18-/m0/s1. The van der Waals surface area contributed by atoms with Crippen LogP contribution in [0.2, 0.25) is 0 Å². The summed E-state index contributed by atoms with van der Waals surface area (Å²) >= 11 is 0. The molecule has 26 heavy (non-hydrogen) atoms. The van der Waals surface area contributed by atoms with Crippen molar-refractivity contribution in [1.29, 1.82) is 0 Å². The van der Waals surface area contributed by atoms with Crippen LogP contribution in [0.15, 0.2) is 36.5 Å². The number of carbonyl (C=O) groups excluding carboxylic acids is 1. The van der Waals surface area contributed by atoms with Gasteiger partial charge in [-0.1, -0.05) is 35.5 Å². The number of nitrogens with one attached hydrogen (secondary N) is 2. The molecule has 0 aliphatic carbocycles. The molecule has 3 fully saturated rings. The first-order chi connectivity index (χ1) is 12.7. The summed E-state index contributed by atoms with van der Waals surface area (Å²) in [5, 5.41) is 20.3. The SMILES string of the molecule is O=C(NCc1ccccc1)[C@H]1C[NH+]2CC[C@H]1C[C@@H]2Cn1cc(CO)nn1. The van der Waals surface area contributed by atoms with Crippen LogP contribution < -0.4 is 10.2 Å². The van der Waals surface area contributed by atoms with Gasteiger partial charge in [-0.25, -0.2) is 4.68 Å². The van der Waals surface area contributed by atoms with Gasteiger partial charge in [0.1, 0.15) is 11.7 Å². The van der Waals surface area contributed by atoms with Gasteiger partial charge in [-0.2, -0.15) is 0 Å². The number of piperidine rings is 3. The molecule has 1 unspecified atom stereocenters. The summed E-state index contributed by atoms with van der Waals surface area (Å²) in [7, 11) is 0. The minimum atomic E-state index is -0.0759. The number of aliphatic hydroxyl groups excluding tert-OH is 1. The van der Waals surface area contributed by atoms with Gasteiger partial charge in [-0.3, -0.25) is 4.79 Å². The number of nitrogens with zero attached hydrogens (tertiary/aromatic N) is 3. The van der Waals surface area contributed by atoms with Gasteiger partial charge in [0.2, 0.25) is 5.91 Å². The van der Waals surface area contributed by atoms with Gasteiger partial charge >= 0.3 is 0 Å². The molecule has 1 aromatic heterocycles. The van der Waals surface area contributed by atoms with Crippen LogP contribution in [0, 0.1) is 11.8 Å². The number of amides is 1.